The molecule has 0 radical (unpaired) electrons. The summed E-state index contributed by atoms with van der Waals surface area (Å²) in [5.74, 6) is -0.702. The van der Waals surface area contributed by atoms with Crippen molar-refractivity contribution in [3.8, 4) is 11.4 Å². The number of hydrogen-bond acceptors (Lipinski definition) is 5. The fourth-order valence-electron chi connectivity index (χ4n) is 3.40. The van der Waals surface area contributed by atoms with Gasteiger partial charge in [0.2, 0.25) is 0 Å². The first-order valence-corrected chi connectivity index (χ1v) is 7.58. The van der Waals surface area contributed by atoms with Gasteiger partial charge in [0.25, 0.3) is 5.56 Å². The van der Waals surface area contributed by atoms with Crippen LogP contribution in [0.5, 0.6) is 0 Å². The van der Waals surface area contributed by atoms with E-state index in [1.165, 1.54) is 0 Å². The molecule has 4 heterocycles. The number of nitrogens with zero attached hydrogens (tertiary/aromatic N) is 2. The Morgan fingerprint density at radius 3 is 2.91 bits per heavy atom. The Bertz CT molecular complexity index is 916. The van der Waals surface area contributed by atoms with E-state index in [0.717, 1.165) is 16.8 Å². The zero-order chi connectivity index (χ0) is 16.4. The summed E-state index contributed by atoms with van der Waals surface area (Å²) in [5, 5.41) is 10.7. The number of aromatic nitrogens is 2. The van der Waals surface area contributed by atoms with Crippen LogP contribution in [0.2, 0.25) is 0 Å². The smallest absolute Gasteiger partial charge is 0.343 e. The number of pyridine rings is 2. The molecule has 0 spiro atoms. The number of fused-ring (bicyclic) bond motifs is 4. The van der Waals surface area contributed by atoms with Crippen molar-refractivity contribution in [2.45, 2.75) is 39.0 Å². The second-order valence-electron chi connectivity index (χ2n) is 6.12. The van der Waals surface area contributed by atoms with E-state index in [4.69, 9.17) is 4.74 Å². The number of aryl methyl sites for hydroxylation is 1. The summed E-state index contributed by atoms with van der Waals surface area (Å²) >= 11 is 0. The van der Waals surface area contributed by atoms with E-state index in [-0.39, 0.29) is 18.6 Å². The average molecular weight is 312 g/mol. The van der Waals surface area contributed by atoms with Crippen LogP contribution in [0.25, 0.3) is 11.4 Å². The van der Waals surface area contributed by atoms with E-state index in [9.17, 15) is 14.7 Å². The molecule has 1 N–H and O–H groups in total. The first kappa shape index (κ1) is 14.1. The molecule has 2 aliphatic heterocycles. The summed E-state index contributed by atoms with van der Waals surface area (Å²) in [7, 11) is 0. The molecule has 0 amide bonds. The topological polar surface area (TPSA) is 81.4 Å². The van der Waals surface area contributed by atoms with Crippen molar-refractivity contribution in [1.29, 1.82) is 0 Å². The quantitative estimate of drug-likeness (QED) is 0.684. The molecule has 4 rings (SSSR count). The van der Waals surface area contributed by atoms with Crippen molar-refractivity contribution in [1.82, 2.24) is 9.55 Å². The lowest BCUT2D eigenvalue weighted by atomic mass is 9.86. The van der Waals surface area contributed by atoms with Crippen molar-refractivity contribution in [3.63, 3.8) is 0 Å². The lowest BCUT2D eigenvalue weighted by Gasteiger charge is -2.31. The molecule has 6 heteroatoms. The molecule has 6 nitrogen and oxygen atoms in total. The summed E-state index contributed by atoms with van der Waals surface area (Å²) in [6.45, 7) is 3.99. The van der Waals surface area contributed by atoms with Crippen molar-refractivity contribution in [3.05, 3.63) is 50.9 Å². The predicted molar refractivity (Wildman–Crippen MR) is 81.8 cm³/mol. The molecule has 0 unspecified atom stereocenters. The van der Waals surface area contributed by atoms with Crippen LogP contribution in [0.4, 0.5) is 0 Å². The van der Waals surface area contributed by atoms with E-state index in [1.54, 1.807) is 23.8 Å². The first-order chi connectivity index (χ1) is 11.0. The minimum Gasteiger partial charge on any atom is -0.458 e. The summed E-state index contributed by atoms with van der Waals surface area (Å²) in [6.07, 6.45) is 1.90. The van der Waals surface area contributed by atoms with Gasteiger partial charge in [-0.3, -0.25) is 9.78 Å². The highest BCUT2D eigenvalue weighted by atomic mass is 16.6. The van der Waals surface area contributed by atoms with Gasteiger partial charge in [-0.15, -0.1) is 0 Å². The third kappa shape index (κ3) is 1.75. The lowest BCUT2D eigenvalue weighted by molar-refractivity contribution is -0.172. The second-order valence-corrected chi connectivity index (χ2v) is 6.12. The van der Waals surface area contributed by atoms with Gasteiger partial charge in [0.15, 0.2) is 5.60 Å². The van der Waals surface area contributed by atoms with E-state index in [0.29, 0.717) is 23.4 Å². The van der Waals surface area contributed by atoms with Gasteiger partial charge in [-0.2, -0.15) is 0 Å². The fraction of sp³-hybridized carbons (Fsp3) is 0.353. The van der Waals surface area contributed by atoms with Gasteiger partial charge >= 0.3 is 5.97 Å². The lowest BCUT2D eigenvalue weighted by Crippen LogP contribution is -2.44. The highest BCUT2D eigenvalue weighted by Crippen LogP contribution is 2.37. The third-order valence-electron chi connectivity index (χ3n) is 4.72. The third-order valence-corrected chi connectivity index (χ3v) is 4.72. The van der Waals surface area contributed by atoms with Crippen LogP contribution in [-0.4, -0.2) is 20.6 Å². The Kier molecular flexibility index (Phi) is 2.78. The number of esters is 1. The predicted octanol–water partition coefficient (Wildman–Crippen LogP) is 1.23. The van der Waals surface area contributed by atoms with Crippen LogP contribution in [0, 0.1) is 6.92 Å². The second kappa shape index (κ2) is 4.52. The van der Waals surface area contributed by atoms with Crippen LogP contribution in [0.15, 0.2) is 23.1 Å². The molecule has 2 aromatic rings. The van der Waals surface area contributed by atoms with Crippen LogP contribution >= 0.6 is 0 Å². The normalized spacial score (nSPS) is 21.4. The molecular weight excluding hydrogens is 296 g/mol. The van der Waals surface area contributed by atoms with Gasteiger partial charge in [0.1, 0.15) is 6.61 Å². The van der Waals surface area contributed by atoms with Gasteiger partial charge in [-0.1, -0.05) is 13.0 Å². The SMILES string of the molecule is CC[C@@]1(O)C(=O)OCc2c1cc1n(c2=O)Cc2cc(C)cnc2-1. The molecule has 0 aliphatic carbocycles. The molecule has 0 fully saturated rings. The maximum absolute atomic E-state index is 12.8. The molecule has 0 saturated heterocycles. The van der Waals surface area contributed by atoms with Gasteiger partial charge in [-0.25, -0.2) is 4.79 Å². The zero-order valence-corrected chi connectivity index (χ0v) is 12.9. The molecular formula is C17H16N2O4. The number of carbonyl (C=O) groups excluding carboxylic acids is 1. The van der Waals surface area contributed by atoms with Crippen LogP contribution in [-0.2, 0) is 28.3 Å². The molecule has 0 bridgehead atoms. The van der Waals surface area contributed by atoms with Gasteiger partial charge in [0, 0.05) is 17.3 Å². The van der Waals surface area contributed by atoms with Gasteiger partial charge < -0.3 is 14.4 Å². The van der Waals surface area contributed by atoms with Gasteiger partial charge in [0.05, 0.1) is 23.5 Å². The van der Waals surface area contributed by atoms with Crippen molar-refractivity contribution >= 4 is 5.97 Å². The van der Waals surface area contributed by atoms with Crippen molar-refractivity contribution in [2.24, 2.45) is 0 Å². The molecule has 2 aromatic heterocycles. The minimum absolute atomic E-state index is 0.0988. The Labute approximate surface area is 132 Å². The average Bonchev–Trinajstić information content (AvgIpc) is 2.89. The monoisotopic (exact) mass is 312 g/mol. The minimum atomic E-state index is -1.77. The van der Waals surface area contributed by atoms with Crippen LogP contribution in [0.3, 0.4) is 0 Å². The van der Waals surface area contributed by atoms with Crippen LogP contribution in [0.1, 0.15) is 35.6 Å². The Hall–Kier alpha value is -2.47. The number of rotatable bonds is 1. The molecule has 0 saturated carbocycles. The number of carbonyl (C=O) groups is 1. The molecule has 2 aliphatic rings. The Balaban J connectivity index is 2.02. The van der Waals surface area contributed by atoms with Crippen molar-refractivity contribution < 1.29 is 14.6 Å². The van der Waals surface area contributed by atoms with Crippen molar-refractivity contribution in [2.75, 3.05) is 0 Å². The van der Waals surface area contributed by atoms with Gasteiger partial charge in [-0.05, 0) is 25.0 Å². The maximum Gasteiger partial charge on any atom is 0.343 e. The number of hydrogen-bond donors (Lipinski definition) is 1. The number of aliphatic hydroxyl groups is 1. The standard InChI is InChI=1S/C17H16N2O4/c1-3-17(22)12-5-13-14-10(4-9(2)6-18-14)7-19(13)15(20)11(12)8-23-16(17)21/h4-6,22H,3,7-8H2,1-2H3/t17-/m0/s1. The van der Waals surface area contributed by atoms with E-state index in [2.05, 4.69) is 4.98 Å². The van der Waals surface area contributed by atoms with E-state index >= 15 is 0 Å². The first-order valence-electron chi connectivity index (χ1n) is 7.58. The summed E-state index contributed by atoms with van der Waals surface area (Å²) in [6, 6.07) is 3.72. The number of ether oxygens (including phenoxy) is 1. The molecule has 23 heavy (non-hydrogen) atoms. The van der Waals surface area contributed by atoms with E-state index < -0.39 is 11.6 Å². The maximum atomic E-state index is 12.8. The summed E-state index contributed by atoms with van der Waals surface area (Å²) in [4.78, 5) is 29.2. The summed E-state index contributed by atoms with van der Waals surface area (Å²) in [5.41, 5.74) is 2.07. The Morgan fingerprint density at radius 1 is 1.39 bits per heavy atom. The highest BCUT2D eigenvalue weighted by molar-refractivity contribution is 5.84. The fourth-order valence-corrected chi connectivity index (χ4v) is 3.40. The zero-order valence-electron chi connectivity index (χ0n) is 12.9. The molecule has 1 atom stereocenters. The largest absolute Gasteiger partial charge is 0.458 e. The summed E-state index contributed by atoms with van der Waals surface area (Å²) < 4.78 is 6.66. The van der Waals surface area contributed by atoms with E-state index in [1.807, 2.05) is 13.0 Å². The van der Waals surface area contributed by atoms with Crippen LogP contribution < -0.4 is 5.56 Å². The molecule has 118 valence electrons. The number of cyclic esters (lactones) is 1. The molecule has 0 aromatic carbocycles. The highest BCUT2D eigenvalue weighted by Gasteiger charge is 2.45. The Morgan fingerprint density at radius 2 is 2.17 bits per heavy atom.